The third-order valence-electron chi connectivity index (χ3n) is 2.96. The molecule has 6 nitrogen and oxygen atoms in total. The topological polar surface area (TPSA) is 90.1 Å². The fraction of sp³-hybridized carbons (Fsp3) is 0.143. The number of hydrogen-bond acceptors (Lipinski definition) is 4. The lowest BCUT2D eigenvalue weighted by atomic mass is 10.1. The number of ketones is 1. The second-order valence-corrected chi connectivity index (χ2v) is 4.30. The first-order valence-corrected chi connectivity index (χ1v) is 6.09. The average molecular weight is 352 g/mol. The number of halogens is 1. The summed E-state index contributed by atoms with van der Waals surface area (Å²) in [6, 6.07) is 11.0. The van der Waals surface area contributed by atoms with Gasteiger partial charge in [-0.2, -0.15) is 0 Å². The van der Waals surface area contributed by atoms with E-state index >= 15 is 0 Å². The summed E-state index contributed by atoms with van der Waals surface area (Å²) in [4.78, 5) is 22.0. The summed E-state index contributed by atoms with van der Waals surface area (Å²) < 4.78 is 1.78. The van der Waals surface area contributed by atoms with Crippen molar-refractivity contribution >= 4 is 17.3 Å². The molecule has 1 heterocycles. The number of nitrogens with zero attached hydrogens (tertiary/aromatic N) is 2. The van der Waals surface area contributed by atoms with Crippen LogP contribution in [0.15, 0.2) is 48.7 Å². The molecular formula is C14H14BrN3O3. The van der Waals surface area contributed by atoms with Crippen LogP contribution in [-0.4, -0.2) is 10.7 Å². The van der Waals surface area contributed by atoms with Gasteiger partial charge < -0.3 is 17.0 Å². The van der Waals surface area contributed by atoms with E-state index in [-0.39, 0.29) is 34.9 Å². The van der Waals surface area contributed by atoms with E-state index in [1.165, 1.54) is 24.3 Å². The van der Waals surface area contributed by atoms with E-state index < -0.39 is 4.92 Å². The molecule has 0 fully saturated rings. The Balaban J connectivity index is 0.00000220. The number of nitrogens with two attached hydrogens (primary N) is 1. The van der Waals surface area contributed by atoms with Gasteiger partial charge >= 0.3 is 0 Å². The molecule has 0 aliphatic heterocycles. The molecule has 7 heteroatoms. The van der Waals surface area contributed by atoms with E-state index in [0.717, 1.165) is 0 Å². The number of Topliss-reactive ketones (excluding diaryl/α,β-unsaturated/α-hetero) is 1. The van der Waals surface area contributed by atoms with Crippen molar-refractivity contribution in [1.29, 1.82) is 0 Å². The predicted octanol–water partition coefficient (Wildman–Crippen LogP) is -1.26. The van der Waals surface area contributed by atoms with Crippen LogP contribution in [0.2, 0.25) is 0 Å². The van der Waals surface area contributed by atoms with Gasteiger partial charge in [0.25, 0.3) is 11.5 Å². The average Bonchev–Trinajstić information content (AvgIpc) is 2.46. The van der Waals surface area contributed by atoms with E-state index in [4.69, 9.17) is 5.73 Å². The summed E-state index contributed by atoms with van der Waals surface area (Å²) in [5, 5.41) is 10.5. The molecule has 0 saturated heterocycles. The van der Waals surface area contributed by atoms with Crippen molar-refractivity contribution in [3.8, 4) is 0 Å². The molecule has 2 N–H and O–H groups in total. The number of carbonyl (C=O) groups excluding carboxylic acids is 1. The maximum atomic E-state index is 12.0. The molecule has 0 aliphatic rings. The first kappa shape index (κ1) is 16.8. The van der Waals surface area contributed by atoms with Gasteiger partial charge in [0.15, 0.2) is 5.78 Å². The monoisotopic (exact) mass is 351 g/mol. The normalized spacial score (nSPS) is 9.71. The maximum Gasteiger partial charge on any atom is 0.272 e. The molecule has 0 unspecified atom stereocenters. The zero-order valence-corrected chi connectivity index (χ0v) is 12.7. The van der Waals surface area contributed by atoms with Gasteiger partial charge in [-0.3, -0.25) is 20.6 Å². The highest BCUT2D eigenvalue weighted by molar-refractivity contribution is 5.96. The summed E-state index contributed by atoms with van der Waals surface area (Å²) in [6.45, 7) is 0.475. The Bertz CT molecular complexity index is 644. The molecule has 0 bridgehead atoms. The van der Waals surface area contributed by atoms with Crippen LogP contribution in [0, 0.1) is 10.1 Å². The SMILES string of the molecule is Nc1cccc[n+]1CCC(=O)c1ccc([N+](=O)[O-])cc1.[Br-]. The molecule has 2 aromatic rings. The van der Waals surface area contributed by atoms with Gasteiger partial charge in [0.2, 0.25) is 0 Å². The Morgan fingerprint density at radius 2 is 1.86 bits per heavy atom. The first-order valence-electron chi connectivity index (χ1n) is 6.09. The van der Waals surface area contributed by atoms with Crippen LogP contribution in [0.25, 0.3) is 0 Å². The van der Waals surface area contributed by atoms with Gasteiger partial charge in [-0.15, -0.1) is 0 Å². The third-order valence-corrected chi connectivity index (χ3v) is 2.96. The van der Waals surface area contributed by atoms with Crippen LogP contribution in [0.4, 0.5) is 11.5 Å². The van der Waals surface area contributed by atoms with Gasteiger partial charge in [-0.25, -0.2) is 4.57 Å². The Kier molecular flexibility index (Phi) is 5.98. The minimum atomic E-state index is -0.491. The first-order chi connectivity index (χ1) is 9.58. The summed E-state index contributed by atoms with van der Waals surface area (Å²) in [5.41, 5.74) is 6.21. The van der Waals surface area contributed by atoms with Crippen molar-refractivity contribution in [3.63, 3.8) is 0 Å². The number of carbonyl (C=O) groups is 1. The summed E-state index contributed by atoms with van der Waals surface area (Å²) in [5.74, 6) is 0.514. The Morgan fingerprint density at radius 3 is 2.43 bits per heavy atom. The number of pyridine rings is 1. The van der Waals surface area contributed by atoms with Crippen LogP contribution in [0.3, 0.4) is 0 Å². The molecule has 1 aromatic heterocycles. The van der Waals surface area contributed by atoms with Crippen LogP contribution >= 0.6 is 0 Å². The summed E-state index contributed by atoms with van der Waals surface area (Å²) >= 11 is 0. The second-order valence-electron chi connectivity index (χ2n) is 4.30. The van der Waals surface area contributed by atoms with E-state index in [9.17, 15) is 14.9 Å². The lowest BCUT2D eigenvalue weighted by Gasteiger charge is -2.03. The molecule has 21 heavy (non-hydrogen) atoms. The van der Waals surface area contributed by atoms with Gasteiger partial charge in [0, 0.05) is 30.2 Å². The quantitative estimate of drug-likeness (QED) is 0.315. The van der Waals surface area contributed by atoms with Gasteiger partial charge in [-0.1, -0.05) is 6.07 Å². The van der Waals surface area contributed by atoms with E-state index in [2.05, 4.69) is 0 Å². The van der Waals surface area contributed by atoms with Gasteiger partial charge in [0.1, 0.15) is 0 Å². The van der Waals surface area contributed by atoms with Crippen molar-refractivity contribution in [3.05, 3.63) is 64.3 Å². The van der Waals surface area contributed by atoms with Crippen LogP contribution < -0.4 is 27.3 Å². The van der Waals surface area contributed by atoms with E-state index in [1.807, 2.05) is 12.1 Å². The number of nitro groups is 1. The zero-order chi connectivity index (χ0) is 14.5. The highest BCUT2D eigenvalue weighted by Gasteiger charge is 2.11. The van der Waals surface area contributed by atoms with Gasteiger partial charge in [0.05, 0.1) is 17.7 Å². The lowest BCUT2D eigenvalue weighted by molar-refractivity contribution is -0.681. The molecule has 0 amide bonds. The number of rotatable bonds is 5. The standard InChI is InChI=1S/C14H13N3O3.BrH/c15-14-3-1-2-9-16(14)10-8-13(18)11-4-6-12(7-5-11)17(19)20;/h1-7,9,15H,8,10H2;1H. The fourth-order valence-corrected chi connectivity index (χ4v) is 1.83. The van der Waals surface area contributed by atoms with Crippen molar-refractivity contribution in [2.45, 2.75) is 13.0 Å². The van der Waals surface area contributed by atoms with Crippen molar-refractivity contribution in [1.82, 2.24) is 0 Å². The molecule has 0 spiro atoms. The number of non-ortho nitro benzene ring substituents is 1. The van der Waals surface area contributed by atoms with E-state index in [0.29, 0.717) is 17.9 Å². The van der Waals surface area contributed by atoms with Crippen molar-refractivity contribution in [2.24, 2.45) is 0 Å². The minimum absolute atomic E-state index is 0. The Hall–Kier alpha value is -2.28. The predicted molar refractivity (Wildman–Crippen MR) is 73.1 cm³/mol. The second kappa shape index (κ2) is 7.49. The molecule has 0 saturated carbocycles. The zero-order valence-electron chi connectivity index (χ0n) is 11.1. The maximum absolute atomic E-state index is 12.0. The Labute approximate surface area is 132 Å². The number of nitro benzene ring substituents is 1. The number of nitrogen functional groups attached to an aromatic ring is 1. The number of benzene rings is 1. The highest BCUT2D eigenvalue weighted by Crippen LogP contribution is 2.13. The highest BCUT2D eigenvalue weighted by atomic mass is 79.9. The number of aryl methyl sites for hydroxylation is 1. The number of anilines is 1. The third kappa shape index (κ3) is 4.35. The van der Waals surface area contributed by atoms with Crippen LogP contribution in [-0.2, 0) is 6.54 Å². The molecule has 0 atom stereocenters. The van der Waals surface area contributed by atoms with E-state index in [1.54, 1.807) is 16.8 Å². The molecule has 1 aromatic carbocycles. The Morgan fingerprint density at radius 1 is 1.19 bits per heavy atom. The summed E-state index contributed by atoms with van der Waals surface area (Å²) in [6.07, 6.45) is 2.09. The van der Waals surface area contributed by atoms with Crippen LogP contribution in [0.5, 0.6) is 0 Å². The largest absolute Gasteiger partial charge is 1.00 e. The fourth-order valence-electron chi connectivity index (χ4n) is 1.83. The smallest absolute Gasteiger partial charge is 0.272 e. The van der Waals surface area contributed by atoms with Crippen LogP contribution in [0.1, 0.15) is 16.8 Å². The molecule has 110 valence electrons. The van der Waals surface area contributed by atoms with Crippen molar-refractivity contribution < 1.29 is 31.3 Å². The molecular weight excluding hydrogens is 338 g/mol. The van der Waals surface area contributed by atoms with Crippen molar-refractivity contribution in [2.75, 3.05) is 5.73 Å². The summed E-state index contributed by atoms with van der Waals surface area (Å²) in [7, 11) is 0. The number of hydrogen-bond donors (Lipinski definition) is 1. The minimum Gasteiger partial charge on any atom is -1.00 e. The molecule has 0 aliphatic carbocycles. The lowest BCUT2D eigenvalue weighted by Crippen LogP contribution is -3.00. The van der Waals surface area contributed by atoms with Gasteiger partial charge in [-0.05, 0) is 18.2 Å². The molecule has 2 rings (SSSR count). The molecule has 0 radical (unpaired) electrons. The number of aromatic nitrogens is 1.